The van der Waals surface area contributed by atoms with Crippen LogP contribution in [0.1, 0.15) is 112 Å². The normalized spacial score (nSPS) is 24.0. The summed E-state index contributed by atoms with van der Waals surface area (Å²) in [5.74, 6) is 2.14. The Hall–Kier alpha value is -9.12. The van der Waals surface area contributed by atoms with E-state index in [1.54, 1.807) is 0 Å². The number of fused-ring (bicyclic) bond motifs is 19. The van der Waals surface area contributed by atoms with Crippen LogP contribution in [0.5, 0.6) is 0 Å². The van der Waals surface area contributed by atoms with Gasteiger partial charge in [0.1, 0.15) is 11.6 Å². The summed E-state index contributed by atoms with van der Waals surface area (Å²) in [4.78, 5) is 15.7. The highest BCUT2D eigenvalue weighted by molar-refractivity contribution is 6.27. The molecule has 0 radical (unpaired) electrons. The summed E-state index contributed by atoms with van der Waals surface area (Å²) in [5, 5.41) is 12.8. The second-order valence-corrected chi connectivity index (χ2v) is 26.9. The maximum absolute atomic E-state index is 5.22. The van der Waals surface area contributed by atoms with Gasteiger partial charge in [-0.05, 0) is 215 Å². The smallest absolute Gasteiger partial charge is 0.141 e. The molecule has 19 rings (SSSR count). The fraction of sp³-hybridized carbons (Fsp3) is 0.210. The minimum Gasteiger partial charge on any atom is -0.319 e. The topological polar surface area (TPSA) is 32.3 Å². The molecule has 2 fully saturated rings. The summed E-state index contributed by atoms with van der Waals surface area (Å²) < 4.78 is 0. The van der Waals surface area contributed by atoms with Gasteiger partial charge in [0.2, 0.25) is 0 Å². The molecule has 4 nitrogen and oxygen atoms in total. The molecule has 85 heavy (non-hydrogen) atoms. The first-order valence-corrected chi connectivity index (χ1v) is 31.3. The van der Waals surface area contributed by atoms with E-state index < -0.39 is 5.41 Å². The Kier molecular flexibility index (Phi) is 9.43. The molecule has 11 aromatic carbocycles. The SMILES string of the molecule is CC12CCCCC1(C)N(c1nccc3ccccc13)c1ccc(-c3ccc4c(c3)C3(c5cc(-c6ccc7c(c6)C6(C)CCCCC6(C)N7c6nccc7ccccc67)ccc5-4)c4ccccc4-c4c3cc3ccc5cccc6ccc4c3c56)cc12. The Bertz CT molecular complexity index is 4850. The van der Waals surface area contributed by atoms with Crippen molar-refractivity contribution in [2.45, 2.75) is 106 Å². The third-order valence-electron chi connectivity index (χ3n) is 23.4. The minimum absolute atomic E-state index is 0.0706. The van der Waals surface area contributed by atoms with Crippen LogP contribution in [0.4, 0.5) is 23.0 Å². The molecular formula is C81H64N4. The quantitative estimate of drug-likeness (QED) is 0.164. The van der Waals surface area contributed by atoms with Crippen molar-refractivity contribution in [1.82, 2.24) is 9.97 Å². The van der Waals surface area contributed by atoms with Crippen LogP contribution in [0.3, 0.4) is 0 Å². The number of hydrogen-bond acceptors (Lipinski definition) is 4. The first-order chi connectivity index (χ1) is 41.6. The number of anilines is 4. The van der Waals surface area contributed by atoms with Gasteiger partial charge in [-0.1, -0.05) is 191 Å². The van der Waals surface area contributed by atoms with Crippen LogP contribution in [0, 0.1) is 0 Å². The van der Waals surface area contributed by atoms with E-state index in [-0.39, 0.29) is 21.9 Å². The second kappa shape index (κ2) is 16.6. The molecule has 2 saturated carbocycles. The average Bonchev–Trinajstić information content (AvgIpc) is 1.53. The Morgan fingerprint density at radius 3 is 1.38 bits per heavy atom. The molecule has 4 unspecified atom stereocenters. The summed E-state index contributed by atoms with van der Waals surface area (Å²) in [7, 11) is 0. The van der Waals surface area contributed by atoms with Crippen molar-refractivity contribution >= 4 is 76.9 Å². The molecule has 6 aliphatic rings. The van der Waals surface area contributed by atoms with Gasteiger partial charge in [0, 0.05) is 45.4 Å². The summed E-state index contributed by atoms with van der Waals surface area (Å²) >= 11 is 0. The van der Waals surface area contributed by atoms with E-state index in [2.05, 4.69) is 244 Å². The molecule has 4 heterocycles. The van der Waals surface area contributed by atoms with Crippen molar-refractivity contribution in [3.8, 4) is 44.5 Å². The standard InChI is InChI=1S/C81H64N4/c1-77-38-11-13-40-79(77,3)84(75-58-20-7-5-16-49(58)36-42-82-75)70-34-29-55(46-67(70)77)53-27-31-60-61-32-28-54(56-30-35-71-68(47-56)78(2)39-12-14-41-80(78,4)85(71)76-59-21-8-6-17-50(59)37-43-83-76)45-66(61)81(65(60)44-53)64-23-10-9-22-62(64)74-63-33-26-52-19-15-18-51-24-25-57(48-69(74)81)73(63)72(51)52/h5-10,15-37,42-48H,11-14,38-41H2,1-4H3. The molecule has 0 bridgehead atoms. The fourth-order valence-electron chi connectivity index (χ4n) is 18.9. The first-order valence-electron chi connectivity index (χ1n) is 31.3. The largest absolute Gasteiger partial charge is 0.319 e. The van der Waals surface area contributed by atoms with Crippen molar-refractivity contribution in [3.05, 3.63) is 252 Å². The fourth-order valence-corrected chi connectivity index (χ4v) is 18.9. The van der Waals surface area contributed by atoms with Crippen molar-refractivity contribution in [2.24, 2.45) is 0 Å². The predicted molar refractivity (Wildman–Crippen MR) is 354 cm³/mol. The van der Waals surface area contributed by atoms with Gasteiger partial charge in [-0.15, -0.1) is 0 Å². The third-order valence-corrected chi connectivity index (χ3v) is 23.4. The average molecular weight is 1090 g/mol. The summed E-state index contributed by atoms with van der Waals surface area (Å²) in [6.45, 7) is 10.2. The van der Waals surface area contributed by atoms with Crippen molar-refractivity contribution in [1.29, 1.82) is 0 Å². The molecule has 0 amide bonds. The lowest BCUT2D eigenvalue weighted by molar-refractivity contribution is 0.194. The summed E-state index contributed by atoms with van der Waals surface area (Å²) in [6.07, 6.45) is 13.4. The Labute approximate surface area is 496 Å². The Morgan fingerprint density at radius 2 is 0.800 bits per heavy atom. The molecule has 2 aromatic heterocycles. The van der Waals surface area contributed by atoms with Gasteiger partial charge < -0.3 is 9.80 Å². The van der Waals surface area contributed by atoms with Crippen molar-refractivity contribution < 1.29 is 0 Å². The van der Waals surface area contributed by atoms with Crippen LogP contribution in [0.15, 0.2) is 219 Å². The molecule has 2 aliphatic heterocycles. The summed E-state index contributed by atoms with van der Waals surface area (Å²) in [5.41, 5.74) is 20.3. The number of benzene rings is 11. The van der Waals surface area contributed by atoms with Crippen LogP contribution < -0.4 is 9.80 Å². The molecule has 4 heteroatoms. The predicted octanol–water partition coefficient (Wildman–Crippen LogP) is 20.8. The van der Waals surface area contributed by atoms with Gasteiger partial charge >= 0.3 is 0 Å². The van der Waals surface area contributed by atoms with E-state index in [0.29, 0.717) is 0 Å². The van der Waals surface area contributed by atoms with E-state index in [4.69, 9.17) is 9.97 Å². The van der Waals surface area contributed by atoms with E-state index in [1.807, 2.05) is 12.4 Å². The highest BCUT2D eigenvalue weighted by atomic mass is 15.3. The molecular weight excluding hydrogens is 1030 g/mol. The Balaban J connectivity index is 0.833. The molecule has 1 spiro atoms. The number of hydrogen-bond donors (Lipinski definition) is 0. The minimum atomic E-state index is -0.601. The Morgan fingerprint density at radius 1 is 0.329 bits per heavy atom. The van der Waals surface area contributed by atoms with Gasteiger partial charge in [-0.3, -0.25) is 0 Å². The van der Waals surface area contributed by atoms with Crippen molar-refractivity contribution in [2.75, 3.05) is 9.80 Å². The zero-order chi connectivity index (χ0) is 56.3. The van der Waals surface area contributed by atoms with Gasteiger partial charge in [0.05, 0.1) is 16.5 Å². The lowest BCUT2D eigenvalue weighted by Gasteiger charge is -2.50. The lowest BCUT2D eigenvalue weighted by Crippen LogP contribution is -2.54. The van der Waals surface area contributed by atoms with Crippen LogP contribution in [0.25, 0.3) is 98.4 Å². The summed E-state index contributed by atoms with van der Waals surface area (Å²) in [6, 6.07) is 80.3. The van der Waals surface area contributed by atoms with Crippen molar-refractivity contribution in [3.63, 3.8) is 0 Å². The maximum atomic E-state index is 5.22. The van der Waals surface area contributed by atoms with Crippen LogP contribution in [-0.4, -0.2) is 21.0 Å². The maximum Gasteiger partial charge on any atom is 0.141 e. The number of pyridine rings is 2. The molecule has 0 N–H and O–H groups in total. The van der Waals surface area contributed by atoms with Crippen LogP contribution in [-0.2, 0) is 16.2 Å². The number of aromatic nitrogens is 2. The number of rotatable bonds is 4. The lowest BCUT2D eigenvalue weighted by atomic mass is 9.61. The second-order valence-electron chi connectivity index (χ2n) is 26.9. The van der Waals surface area contributed by atoms with Crippen LogP contribution in [0.2, 0.25) is 0 Å². The zero-order valence-corrected chi connectivity index (χ0v) is 48.7. The van der Waals surface area contributed by atoms with E-state index in [9.17, 15) is 0 Å². The van der Waals surface area contributed by atoms with Crippen LogP contribution >= 0.6 is 0 Å². The van der Waals surface area contributed by atoms with Gasteiger partial charge in [0.25, 0.3) is 0 Å². The third kappa shape index (κ3) is 5.89. The molecule has 0 saturated heterocycles. The molecule has 4 aliphatic carbocycles. The molecule has 4 atom stereocenters. The van der Waals surface area contributed by atoms with Gasteiger partial charge in [-0.2, -0.15) is 0 Å². The van der Waals surface area contributed by atoms with Gasteiger partial charge in [0.15, 0.2) is 0 Å². The van der Waals surface area contributed by atoms with Gasteiger partial charge in [-0.25, -0.2) is 9.97 Å². The first kappa shape index (κ1) is 48.3. The zero-order valence-electron chi connectivity index (χ0n) is 48.7. The van der Waals surface area contributed by atoms with E-state index in [0.717, 1.165) is 37.3 Å². The monoisotopic (exact) mass is 1090 g/mol. The highest BCUT2D eigenvalue weighted by Gasteiger charge is 2.60. The van der Waals surface area contributed by atoms with E-state index in [1.165, 1.54) is 169 Å². The molecule has 13 aromatic rings. The van der Waals surface area contributed by atoms with E-state index >= 15 is 0 Å². The molecule has 408 valence electrons. The number of nitrogens with zero attached hydrogens (tertiary/aromatic N) is 4. The highest BCUT2D eigenvalue weighted by Crippen LogP contribution is 2.67.